The normalized spacial score (nSPS) is 10.9. The van der Waals surface area contributed by atoms with Crippen molar-refractivity contribution >= 4 is 32.7 Å². The standard InChI is InChI=1S/C19H20BrN3/c20-17-9-6-15(7-10-17)14-23(13-3-12-21)19-11-8-16-4-1-2-5-18(16)22-19/h1-2,4-11H,3,12-14,21H2. The summed E-state index contributed by atoms with van der Waals surface area (Å²) in [5, 5.41) is 1.17. The van der Waals surface area contributed by atoms with Gasteiger partial charge in [0.15, 0.2) is 0 Å². The number of halogens is 1. The van der Waals surface area contributed by atoms with Crippen molar-refractivity contribution in [1.29, 1.82) is 0 Å². The van der Waals surface area contributed by atoms with Gasteiger partial charge in [-0.3, -0.25) is 0 Å². The molecule has 0 aliphatic heterocycles. The lowest BCUT2D eigenvalue weighted by Crippen LogP contribution is -2.26. The summed E-state index contributed by atoms with van der Waals surface area (Å²) in [4.78, 5) is 7.11. The molecule has 0 fully saturated rings. The van der Waals surface area contributed by atoms with E-state index in [-0.39, 0.29) is 0 Å². The molecule has 4 heteroatoms. The highest BCUT2D eigenvalue weighted by atomic mass is 79.9. The van der Waals surface area contributed by atoms with Crippen LogP contribution in [0.5, 0.6) is 0 Å². The van der Waals surface area contributed by atoms with Crippen molar-refractivity contribution in [1.82, 2.24) is 4.98 Å². The number of benzene rings is 2. The topological polar surface area (TPSA) is 42.1 Å². The SMILES string of the molecule is NCCCN(Cc1ccc(Br)cc1)c1ccc2ccccc2n1. The summed E-state index contributed by atoms with van der Waals surface area (Å²) in [7, 11) is 0. The highest BCUT2D eigenvalue weighted by Crippen LogP contribution is 2.20. The van der Waals surface area contributed by atoms with E-state index in [0.717, 1.165) is 35.3 Å². The molecule has 3 aromatic rings. The zero-order valence-electron chi connectivity index (χ0n) is 13.0. The van der Waals surface area contributed by atoms with Gasteiger partial charge in [0.05, 0.1) is 5.52 Å². The minimum Gasteiger partial charge on any atom is -0.352 e. The molecule has 0 unspecified atom stereocenters. The third-order valence-corrected chi connectivity index (χ3v) is 4.36. The van der Waals surface area contributed by atoms with E-state index in [0.29, 0.717) is 6.54 Å². The van der Waals surface area contributed by atoms with Crippen molar-refractivity contribution in [3.05, 3.63) is 70.7 Å². The third kappa shape index (κ3) is 4.09. The molecule has 0 saturated heterocycles. The Morgan fingerprint density at radius 3 is 2.52 bits per heavy atom. The van der Waals surface area contributed by atoms with Crippen LogP contribution in [0.25, 0.3) is 10.9 Å². The maximum Gasteiger partial charge on any atom is 0.129 e. The van der Waals surface area contributed by atoms with Crippen LogP contribution in [0.2, 0.25) is 0 Å². The maximum absolute atomic E-state index is 5.71. The molecular weight excluding hydrogens is 350 g/mol. The number of hydrogen-bond acceptors (Lipinski definition) is 3. The lowest BCUT2D eigenvalue weighted by atomic mass is 10.2. The van der Waals surface area contributed by atoms with Crippen LogP contribution in [0, 0.1) is 0 Å². The first kappa shape index (κ1) is 16.0. The molecular formula is C19H20BrN3. The minimum absolute atomic E-state index is 0.685. The van der Waals surface area contributed by atoms with Gasteiger partial charge < -0.3 is 10.6 Å². The number of fused-ring (bicyclic) bond motifs is 1. The lowest BCUT2D eigenvalue weighted by molar-refractivity contribution is 0.727. The van der Waals surface area contributed by atoms with E-state index in [9.17, 15) is 0 Å². The first-order chi connectivity index (χ1) is 11.3. The average molecular weight is 370 g/mol. The number of nitrogens with zero attached hydrogens (tertiary/aromatic N) is 2. The summed E-state index contributed by atoms with van der Waals surface area (Å²) in [6.45, 7) is 2.42. The van der Waals surface area contributed by atoms with Gasteiger partial charge in [0.2, 0.25) is 0 Å². The summed E-state index contributed by atoms with van der Waals surface area (Å²) in [6.07, 6.45) is 0.949. The minimum atomic E-state index is 0.685. The van der Waals surface area contributed by atoms with Gasteiger partial charge in [0.25, 0.3) is 0 Å². The number of pyridine rings is 1. The van der Waals surface area contributed by atoms with Gasteiger partial charge in [-0.15, -0.1) is 0 Å². The molecule has 118 valence electrons. The predicted octanol–water partition coefficient (Wildman–Crippen LogP) is 4.35. The van der Waals surface area contributed by atoms with E-state index < -0.39 is 0 Å². The van der Waals surface area contributed by atoms with E-state index in [4.69, 9.17) is 10.7 Å². The zero-order valence-corrected chi connectivity index (χ0v) is 14.5. The van der Waals surface area contributed by atoms with Crippen LogP contribution >= 0.6 is 15.9 Å². The molecule has 0 aliphatic rings. The number of para-hydroxylation sites is 1. The van der Waals surface area contributed by atoms with Crippen molar-refractivity contribution in [3.8, 4) is 0 Å². The Labute approximate surface area is 145 Å². The molecule has 2 N–H and O–H groups in total. The van der Waals surface area contributed by atoms with Gasteiger partial charge in [-0.05, 0) is 48.9 Å². The van der Waals surface area contributed by atoms with E-state index in [1.807, 2.05) is 12.1 Å². The molecule has 0 bridgehead atoms. The van der Waals surface area contributed by atoms with Gasteiger partial charge in [0, 0.05) is 22.9 Å². The van der Waals surface area contributed by atoms with Crippen molar-refractivity contribution in [2.24, 2.45) is 5.73 Å². The summed E-state index contributed by atoms with van der Waals surface area (Å²) in [5.41, 5.74) is 8.00. The van der Waals surface area contributed by atoms with Crippen LogP contribution in [0.3, 0.4) is 0 Å². The largest absolute Gasteiger partial charge is 0.352 e. The van der Waals surface area contributed by atoms with Gasteiger partial charge in [-0.25, -0.2) is 4.98 Å². The average Bonchev–Trinajstić information content (AvgIpc) is 2.60. The van der Waals surface area contributed by atoms with Crippen molar-refractivity contribution in [2.45, 2.75) is 13.0 Å². The fraction of sp³-hybridized carbons (Fsp3) is 0.211. The lowest BCUT2D eigenvalue weighted by Gasteiger charge is -2.24. The number of aromatic nitrogens is 1. The quantitative estimate of drug-likeness (QED) is 0.701. The van der Waals surface area contributed by atoms with Crippen molar-refractivity contribution in [3.63, 3.8) is 0 Å². The molecule has 0 amide bonds. The molecule has 2 aromatic carbocycles. The van der Waals surface area contributed by atoms with E-state index in [2.05, 4.69) is 69.4 Å². The molecule has 0 atom stereocenters. The second-order valence-electron chi connectivity index (χ2n) is 5.55. The zero-order chi connectivity index (χ0) is 16.1. The Morgan fingerprint density at radius 2 is 1.74 bits per heavy atom. The highest BCUT2D eigenvalue weighted by molar-refractivity contribution is 9.10. The third-order valence-electron chi connectivity index (χ3n) is 3.83. The fourth-order valence-electron chi connectivity index (χ4n) is 2.60. The monoisotopic (exact) mass is 369 g/mol. The first-order valence-electron chi connectivity index (χ1n) is 7.81. The van der Waals surface area contributed by atoms with Crippen LogP contribution in [0.1, 0.15) is 12.0 Å². The Hall–Kier alpha value is -1.91. The van der Waals surface area contributed by atoms with Crippen LogP contribution in [-0.2, 0) is 6.54 Å². The summed E-state index contributed by atoms with van der Waals surface area (Å²) in [5.74, 6) is 1.00. The van der Waals surface area contributed by atoms with E-state index in [1.165, 1.54) is 10.9 Å². The van der Waals surface area contributed by atoms with Crippen molar-refractivity contribution < 1.29 is 0 Å². The van der Waals surface area contributed by atoms with Crippen LogP contribution in [0.4, 0.5) is 5.82 Å². The molecule has 3 rings (SSSR count). The number of nitrogens with two attached hydrogens (primary N) is 1. The second kappa shape index (κ2) is 7.57. The Morgan fingerprint density at radius 1 is 0.957 bits per heavy atom. The predicted molar refractivity (Wildman–Crippen MR) is 101 cm³/mol. The Kier molecular flexibility index (Phi) is 5.26. The van der Waals surface area contributed by atoms with Crippen LogP contribution < -0.4 is 10.6 Å². The van der Waals surface area contributed by atoms with Gasteiger partial charge >= 0.3 is 0 Å². The Balaban J connectivity index is 1.88. The number of rotatable bonds is 6. The number of anilines is 1. The smallest absolute Gasteiger partial charge is 0.129 e. The molecule has 0 saturated carbocycles. The molecule has 0 aliphatic carbocycles. The summed E-state index contributed by atoms with van der Waals surface area (Å²) >= 11 is 3.48. The molecule has 0 spiro atoms. The molecule has 0 radical (unpaired) electrons. The molecule has 1 heterocycles. The van der Waals surface area contributed by atoms with Gasteiger partial charge in [-0.1, -0.05) is 46.3 Å². The van der Waals surface area contributed by atoms with E-state index >= 15 is 0 Å². The van der Waals surface area contributed by atoms with Crippen LogP contribution in [-0.4, -0.2) is 18.1 Å². The van der Waals surface area contributed by atoms with Crippen LogP contribution in [0.15, 0.2) is 65.1 Å². The fourth-order valence-corrected chi connectivity index (χ4v) is 2.86. The summed E-state index contributed by atoms with van der Waals surface area (Å²) in [6, 6.07) is 20.9. The molecule has 23 heavy (non-hydrogen) atoms. The molecule has 1 aromatic heterocycles. The second-order valence-corrected chi connectivity index (χ2v) is 6.47. The van der Waals surface area contributed by atoms with E-state index in [1.54, 1.807) is 0 Å². The number of hydrogen-bond donors (Lipinski definition) is 1. The van der Waals surface area contributed by atoms with Crippen molar-refractivity contribution in [2.75, 3.05) is 18.0 Å². The maximum atomic E-state index is 5.71. The first-order valence-corrected chi connectivity index (χ1v) is 8.61. The van der Waals surface area contributed by atoms with Gasteiger partial charge in [0.1, 0.15) is 5.82 Å². The Bertz CT molecular complexity index is 771. The highest BCUT2D eigenvalue weighted by Gasteiger charge is 2.09. The molecule has 3 nitrogen and oxygen atoms in total. The summed E-state index contributed by atoms with van der Waals surface area (Å²) < 4.78 is 1.10. The van der Waals surface area contributed by atoms with Gasteiger partial charge in [-0.2, -0.15) is 0 Å².